The van der Waals surface area contributed by atoms with Crippen LogP contribution in [0.25, 0.3) is 0 Å². The van der Waals surface area contributed by atoms with Crippen molar-refractivity contribution in [1.82, 2.24) is 4.90 Å². The molecular weight excluding hydrogens is 265 g/mol. The Morgan fingerprint density at radius 2 is 2.11 bits per heavy atom. The molecule has 1 rings (SSSR count). The Bertz CT molecular complexity index is 447. The van der Waals surface area contributed by atoms with Gasteiger partial charge in [-0.05, 0) is 5.92 Å². The SMILES string of the molecule is CC(C)[C@@H](C(=O)O)N1CC(CS(=O)(=O)F)CC1=O. The standard InChI is InChI=1S/C10H16FNO5S/c1-6(2)9(10(14)15)12-4-7(3-8(12)13)5-18(11,16)17/h6-7,9H,3-5H2,1-2H3,(H,14,15)/t7?,9-/m0/s1. The van der Waals surface area contributed by atoms with E-state index in [2.05, 4.69) is 0 Å². The third-order valence-electron chi connectivity index (χ3n) is 2.89. The van der Waals surface area contributed by atoms with Gasteiger partial charge >= 0.3 is 16.2 Å². The fourth-order valence-corrected chi connectivity index (χ4v) is 3.04. The molecule has 0 saturated carbocycles. The summed E-state index contributed by atoms with van der Waals surface area (Å²) in [6.07, 6.45) is -0.125. The largest absolute Gasteiger partial charge is 0.480 e. The molecule has 0 radical (unpaired) electrons. The van der Waals surface area contributed by atoms with E-state index in [0.717, 1.165) is 4.90 Å². The first-order valence-corrected chi connectivity index (χ1v) is 7.11. The molecule has 1 aliphatic heterocycles. The van der Waals surface area contributed by atoms with Gasteiger partial charge in [0.2, 0.25) is 5.91 Å². The number of carbonyl (C=O) groups excluding carboxylic acids is 1. The molecule has 1 N–H and O–H groups in total. The highest BCUT2D eigenvalue weighted by Crippen LogP contribution is 2.25. The predicted octanol–water partition coefficient (Wildman–Crippen LogP) is 0.243. The van der Waals surface area contributed by atoms with Crippen molar-refractivity contribution in [2.75, 3.05) is 12.3 Å². The molecule has 0 aliphatic carbocycles. The highest BCUT2D eigenvalue weighted by atomic mass is 32.3. The topological polar surface area (TPSA) is 91.8 Å². The third-order valence-corrected chi connectivity index (χ3v) is 3.76. The van der Waals surface area contributed by atoms with Crippen molar-refractivity contribution >= 4 is 22.1 Å². The smallest absolute Gasteiger partial charge is 0.326 e. The lowest BCUT2D eigenvalue weighted by atomic mass is 10.0. The van der Waals surface area contributed by atoms with Crippen LogP contribution in [0.15, 0.2) is 0 Å². The summed E-state index contributed by atoms with van der Waals surface area (Å²) in [6.45, 7) is 3.29. The first kappa shape index (κ1) is 14.9. The van der Waals surface area contributed by atoms with E-state index < -0.39 is 39.8 Å². The van der Waals surface area contributed by atoms with Crippen LogP contribution in [0.4, 0.5) is 3.89 Å². The lowest BCUT2D eigenvalue weighted by molar-refractivity contribution is -0.150. The van der Waals surface area contributed by atoms with E-state index in [1.54, 1.807) is 13.8 Å². The van der Waals surface area contributed by atoms with Crippen molar-refractivity contribution in [1.29, 1.82) is 0 Å². The number of hydrogen-bond donors (Lipinski definition) is 1. The molecular formula is C10H16FNO5S. The summed E-state index contributed by atoms with van der Waals surface area (Å²) in [6, 6.07) is -0.996. The normalized spacial score (nSPS) is 22.6. The van der Waals surface area contributed by atoms with Crippen LogP contribution >= 0.6 is 0 Å². The van der Waals surface area contributed by atoms with Gasteiger partial charge in [0, 0.05) is 18.9 Å². The summed E-state index contributed by atoms with van der Waals surface area (Å²) < 4.78 is 33.6. The van der Waals surface area contributed by atoms with Crippen molar-refractivity contribution in [2.45, 2.75) is 26.3 Å². The Kier molecular flexibility index (Phi) is 4.31. The minimum Gasteiger partial charge on any atom is -0.480 e. The first-order valence-electron chi connectivity index (χ1n) is 5.56. The molecule has 1 unspecified atom stereocenters. The molecule has 104 valence electrons. The van der Waals surface area contributed by atoms with E-state index in [1.807, 2.05) is 0 Å². The second-order valence-electron chi connectivity index (χ2n) is 4.85. The lowest BCUT2D eigenvalue weighted by Crippen LogP contribution is -2.45. The monoisotopic (exact) mass is 281 g/mol. The quantitative estimate of drug-likeness (QED) is 0.729. The molecule has 0 bridgehead atoms. The van der Waals surface area contributed by atoms with Crippen LogP contribution in [0.3, 0.4) is 0 Å². The number of halogens is 1. The van der Waals surface area contributed by atoms with Gasteiger partial charge in [0.15, 0.2) is 0 Å². The Hall–Kier alpha value is -1.18. The third kappa shape index (κ3) is 3.66. The number of aliphatic carboxylic acids is 1. The van der Waals surface area contributed by atoms with Crippen LogP contribution in [0.5, 0.6) is 0 Å². The van der Waals surface area contributed by atoms with Crippen molar-refractivity contribution in [2.24, 2.45) is 11.8 Å². The molecule has 6 nitrogen and oxygen atoms in total. The highest BCUT2D eigenvalue weighted by Gasteiger charge is 2.40. The maximum absolute atomic E-state index is 12.5. The van der Waals surface area contributed by atoms with E-state index >= 15 is 0 Å². The van der Waals surface area contributed by atoms with Crippen LogP contribution in [0.1, 0.15) is 20.3 Å². The Morgan fingerprint density at radius 3 is 2.50 bits per heavy atom. The molecule has 0 aromatic rings. The summed E-state index contributed by atoms with van der Waals surface area (Å²) in [4.78, 5) is 23.9. The number of nitrogens with zero attached hydrogens (tertiary/aromatic N) is 1. The Morgan fingerprint density at radius 1 is 1.56 bits per heavy atom. The zero-order valence-corrected chi connectivity index (χ0v) is 11.0. The molecule has 0 aromatic heterocycles. The molecule has 0 spiro atoms. The van der Waals surface area contributed by atoms with Crippen molar-refractivity contribution in [3.63, 3.8) is 0 Å². The van der Waals surface area contributed by atoms with Gasteiger partial charge in [-0.15, -0.1) is 3.89 Å². The van der Waals surface area contributed by atoms with Gasteiger partial charge < -0.3 is 10.0 Å². The Balaban J connectivity index is 2.81. The molecule has 1 aliphatic rings. The van der Waals surface area contributed by atoms with Gasteiger partial charge in [-0.1, -0.05) is 13.8 Å². The van der Waals surface area contributed by atoms with E-state index in [9.17, 15) is 21.9 Å². The van der Waals surface area contributed by atoms with Crippen LogP contribution < -0.4 is 0 Å². The van der Waals surface area contributed by atoms with Gasteiger partial charge in [0.05, 0.1) is 5.75 Å². The molecule has 0 aromatic carbocycles. The summed E-state index contributed by atoms with van der Waals surface area (Å²) in [5, 5.41) is 9.05. The summed E-state index contributed by atoms with van der Waals surface area (Å²) in [5.41, 5.74) is 0. The second-order valence-corrected chi connectivity index (χ2v) is 6.26. The number of carbonyl (C=O) groups is 2. The number of amides is 1. The maximum atomic E-state index is 12.5. The Labute approximate surface area is 105 Å². The maximum Gasteiger partial charge on any atom is 0.326 e. The minimum absolute atomic E-state index is 0.0306. The molecule has 1 saturated heterocycles. The van der Waals surface area contributed by atoms with E-state index in [0.29, 0.717) is 0 Å². The molecule has 1 heterocycles. The highest BCUT2D eigenvalue weighted by molar-refractivity contribution is 7.86. The fourth-order valence-electron chi connectivity index (χ4n) is 2.25. The zero-order chi connectivity index (χ0) is 14.1. The van der Waals surface area contributed by atoms with Crippen LogP contribution in [-0.4, -0.2) is 48.6 Å². The molecule has 2 atom stereocenters. The number of rotatable bonds is 5. The van der Waals surface area contributed by atoms with E-state index in [1.165, 1.54) is 0 Å². The van der Waals surface area contributed by atoms with Gasteiger partial charge in [-0.3, -0.25) is 4.79 Å². The predicted molar refractivity (Wildman–Crippen MR) is 61.0 cm³/mol. The first-order chi connectivity index (χ1) is 8.11. The molecule has 8 heteroatoms. The lowest BCUT2D eigenvalue weighted by Gasteiger charge is -2.27. The molecule has 18 heavy (non-hydrogen) atoms. The van der Waals surface area contributed by atoms with Gasteiger partial charge in [-0.2, -0.15) is 8.42 Å². The van der Waals surface area contributed by atoms with Crippen molar-refractivity contribution in [3.05, 3.63) is 0 Å². The number of carboxylic acid groups (broad SMARTS) is 1. The summed E-state index contributed by atoms with van der Waals surface area (Å²) in [5.74, 6) is -3.29. The number of carboxylic acids is 1. The zero-order valence-electron chi connectivity index (χ0n) is 10.2. The van der Waals surface area contributed by atoms with Crippen LogP contribution in [-0.2, 0) is 19.8 Å². The number of likely N-dealkylation sites (tertiary alicyclic amines) is 1. The van der Waals surface area contributed by atoms with Crippen LogP contribution in [0, 0.1) is 11.8 Å². The van der Waals surface area contributed by atoms with E-state index in [-0.39, 0.29) is 18.9 Å². The van der Waals surface area contributed by atoms with Crippen molar-refractivity contribution in [3.8, 4) is 0 Å². The van der Waals surface area contributed by atoms with Gasteiger partial charge in [-0.25, -0.2) is 4.79 Å². The molecule has 1 amide bonds. The van der Waals surface area contributed by atoms with E-state index in [4.69, 9.17) is 5.11 Å². The average Bonchev–Trinajstić information content (AvgIpc) is 2.42. The van der Waals surface area contributed by atoms with Gasteiger partial charge in [0.1, 0.15) is 6.04 Å². The minimum atomic E-state index is -4.65. The van der Waals surface area contributed by atoms with Gasteiger partial charge in [0.25, 0.3) is 0 Å². The van der Waals surface area contributed by atoms with Crippen LogP contribution in [0.2, 0.25) is 0 Å². The summed E-state index contributed by atoms with van der Waals surface area (Å²) >= 11 is 0. The fraction of sp³-hybridized carbons (Fsp3) is 0.800. The summed E-state index contributed by atoms with van der Waals surface area (Å²) in [7, 11) is -4.65. The van der Waals surface area contributed by atoms with Crippen molar-refractivity contribution < 1.29 is 27.0 Å². The molecule has 1 fully saturated rings. The average molecular weight is 281 g/mol. The second kappa shape index (κ2) is 5.21. The number of hydrogen-bond acceptors (Lipinski definition) is 4.